The van der Waals surface area contributed by atoms with Crippen molar-refractivity contribution in [2.24, 2.45) is 0 Å². The van der Waals surface area contributed by atoms with Crippen LogP contribution in [-0.4, -0.2) is 40.0 Å². The molecule has 0 unspecified atom stereocenters. The van der Waals surface area contributed by atoms with Gasteiger partial charge in [0.05, 0.1) is 16.1 Å². The summed E-state index contributed by atoms with van der Waals surface area (Å²) in [6, 6.07) is 24.0. The number of benzene rings is 3. The summed E-state index contributed by atoms with van der Waals surface area (Å²) in [4.78, 5) is 24.5. The Morgan fingerprint density at radius 1 is 0.912 bits per heavy atom. The van der Waals surface area contributed by atoms with Crippen molar-refractivity contribution in [3.05, 3.63) is 96.1 Å². The lowest BCUT2D eigenvalue weighted by Crippen LogP contribution is -2.36. The predicted octanol–water partition coefficient (Wildman–Crippen LogP) is 3.81. The number of sulfonamides is 1. The Hall–Kier alpha value is -3.65. The third kappa shape index (κ3) is 6.68. The molecule has 0 saturated heterocycles. The maximum atomic E-state index is 12.8. The Labute approximate surface area is 200 Å². The summed E-state index contributed by atoms with van der Waals surface area (Å²) in [5, 5.41) is 2.81. The number of rotatable bonds is 10. The Morgan fingerprint density at radius 2 is 1.50 bits per heavy atom. The highest BCUT2D eigenvalue weighted by Crippen LogP contribution is 2.22. The van der Waals surface area contributed by atoms with Gasteiger partial charge in [-0.25, -0.2) is 13.2 Å². The topological polar surface area (TPSA) is 92.8 Å². The summed E-state index contributed by atoms with van der Waals surface area (Å²) in [5.74, 6) is -1.09. The number of aryl methyl sites for hydroxylation is 1. The molecule has 34 heavy (non-hydrogen) atoms. The lowest BCUT2D eigenvalue weighted by molar-refractivity contribution is -0.124. The molecule has 8 heteroatoms. The molecule has 0 aliphatic rings. The maximum Gasteiger partial charge on any atom is 0.338 e. The van der Waals surface area contributed by atoms with Crippen molar-refractivity contribution in [1.82, 2.24) is 5.32 Å². The number of ether oxygens (including phenoxy) is 1. The number of hydrogen-bond donors (Lipinski definition) is 1. The standard InChI is InChI=1S/C26H28N2O5S/c1-20(13-14-21-9-5-3-6-10-21)27-25(29)19-33-26(30)22-15-17-24(18-16-22)34(31,32)28(2)23-11-7-4-8-12-23/h3-12,15-18,20H,13-14,19H2,1-2H3,(H,27,29)/t20-/m1/s1. The summed E-state index contributed by atoms with van der Waals surface area (Å²) < 4.78 is 31.9. The van der Waals surface area contributed by atoms with Crippen LogP contribution in [0.5, 0.6) is 0 Å². The first-order valence-corrected chi connectivity index (χ1v) is 12.4. The number of amides is 1. The minimum atomic E-state index is -3.78. The van der Waals surface area contributed by atoms with Gasteiger partial charge in [-0.2, -0.15) is 0 Å². The molecule has 1 amide bonds. The molecule has 0 aromatic heterocycles. The third-order valence-electron chi connectivity index (χ3n) is 5.32. The van der Waals surface area contributed by atoms with Gasteiger partial charge < -0.3 is 10.1 Å². The number of anilines is 1. The fourth-order valence-electron chi connectivity index (χ4n) is 3.33. The van der Waals surface area contributed by atoms with Crippen LogP contribution >= 0.6 is 0 Å². The minimum absolute atomic E-state index is 0.0420. The first-order valence-electron chi connectivity index (χ1n) is 10.9. The molecule has 0 fully saturated rings. The van der Waals surface area contributed by atoms with Crippen LogP contribution in [0.3, 0.4) is 0 Å². The minimum Gasteiger partial charge on any atom is -0.452 e. The van der Waals surface area contributed by atoms with Crippen LogP contribution in [0, 0.1) is 0 Å². The Balaban J connectivity index is 1.50. The van der Waals surface area contributed by atoms with Crippen molar-refractivity contribution in [2.45, 2.75) is 30.7 Å². The van der Waals surface area contributed by atoms with Crippen molar-refractivity contribution in [2.75, 3.05) is 18.0 Å². The molecule has 0 radical (unpaired) electrons. The highest BCUT2D eigenvalue weighted by atomic mass is 32.2. The summed E-state index contributed by atoms with van der Waals surface area (Å²) in [6.45, 7) is 1.49. The first-order chi connectivity index (χ1) is 16.3. The zero-order valence-corrected chi connectivity index (χ0v) is 20.0. The van der Waals surface area contributed by atoms with E-state index in [9.17, 15) is 18.0 Å². The van der Waals surface area contributed by atoms with Gasteiger partial charge in [-0.05, 0) is 61.7 Å². The maximum absolute atomic E-state index is 12.8. The van der Waals surface area contributed by atoms with Crippen molar-refractivity contribution in [3.8, 4) is 0 Å². The smallest absolute Gasteiger partial charge is 0.338 e. The molecule has 178 valence electrons. The van der Waals surface area contributed by atoms with Crippen LogP contribution in [-0.2, 0) is 26.0 Å². The quantitative estimate of drug-likeness (QED) is 0.446. The average Bonchev–Trinajstić information content (AvgIpc) is 2.86. The van der Waals surface area contributed by atoms with Gasteiger partial charge in [0.15, 0.2) is 6.61 Å². The molecule has 7 nitrogen and oxygen atoms in total. The molecule has 0 bridgehead atoms. The van der Waals surface area contributed by atoms with Gasteiger partial charge in [-0.15, -0.1) is 0 Å². The second-order valence-electron chi connectivity index (χ2n) is 7.90. The number of nitrogens with zero attached hydrogens (tertiary/aromatic N) is 1. The largest absolute Gasteiger partial charge is 0.452 e. The van der Waals surface area contributed by atoms with E-state index >= 15 is 0 Å². The number of para-hydroxylation sites is 1. The molecule has 1 atom stereocenters. The average molecular weight is 481 g/mol. The number of carbonyl (C=O) groups is 2. The second-order valence-corrected chi connectivity index (χ2v) is 9.87. The van der Waals surface area contributed by atoms with Crippen molar-refractivity contribution in [1.29, 1.82) is 0 Å². The fraction of sp³-hybridized carbons (Fsp3) is 0.231. The number of hydrogen-bond acceptors (Lipinski definition) is 5. The molecule has 0 heterocycles. The van der Waals surface area contributed by atoms with Crippen molar-refractivity contribution in [3.63, 3.8) is 0 Å². The van der Waals surface area contributed by atoms with Crippen molar-refractivity contribution < 1.29 is 22.7 Å². The highest BCUT2D eigenvalue weighted by Gasteiger charge is 2.22. The van der Waals surface area contributed by atoms with Crippen LogP contribution in [0.1, 0.15) is 29.3 Å². The molecule has 0 aliphatic heterocycles. The third-order valence-corrected chi connectivity index (χ3v) is 7.12. The van der Waals surface area contributed by atoms with Gasteiger partial charge >= 0.3 is 5.97 Å². The molecular weight excluding hydrogens is 452 g/mol. The Kier molecular flexibility index (Phi) is 8.43. The van der Waals surface area contributed by atoms with E-state index in [0.717, 1.165) is 12.8 Å². The lowest BCUT2D eigenvalue weighted by Gasteiger charge is -2.19. The van der Waals surface area contributed by atoms with E-state index in [-0.39, 0.29) is 16.5 Å². The zero-order valence-electron chi connectivity index (χ0n) is 19.2. The summed E-state index contributed by atoms with van der Waals surface area (Å²) in [5.41, 5.74) is 1.87. The highest BCUT2D eigenvalue weighted by molar-refractivity contribution is 7.92. The van der Waals surface area contributed by atoms with Gasteiger partial charge in [-0.1, -0.05) is 48.5 Å². The van der Waals surface area contributed by atoms with Crippen LogP contribution in [0.2, 0.25) is 0 Å². The monoisotopic (exact) mass is 480 g/mol. The Bertz CT molecular complexity index is 1200. The Morgan fingerprint density at radius 3 is 2.12 bits per heavy atom. The molecule has 3 aromatic rings. The summed E-state index contributed by atoms with van der Waals surface area (Å²) in [6.07, 6.45) is 1.59. The van der Waals surface area contributed by atoms with E-state index in [1.54, 1.807) is 30.3 Å². The normalized spacial score (nSPS) is 11.9. The van der Waals surface area contributed by atoms with Crippen LogP contribution in [0.25, 0.3) is 0 Å². The van der Waals surface area contributed by atoms with Crippen LogP contribution in [0.4, 0.5) is 5.69 Å². The summed E-state index contributed by atoms with van der Waals surface area (Å²) >= 11 is 0. The van der Waals surface area contributed by atoms with E-state index in [0.29, 0.717) is 5.69 Å². The molecule has 0 aliphatic carbocycles. The van der Waals surface area contributed by atoms with E-state index in [1.165, 1.54) is 41.2 Å². The first kappa shape index (κ1) is 25.0. The number of esters is 1. The zero-order chi connectivity index (χ0) is 24.6. The predicted molar refractivity (Wildman–Crippen MR) is 131 cm³/mol. The van der Waals surface area contributed by atoms with Gasteiger partial charge in [0.1, 0.15) is 0 Å². The molecular formula is C26H28N2O5S. The van der Waals surface area contributed by atoms with E-state index in [2.05, 4.69) is 5.32 Å². The van der Waals surface area contributed by atoms with Crippen LogP contribution in [0.15, 0.2) is 89.8 Å². The SMILES string of the molecule is C[C@H](CCc1ccccc1)NC(=O)COC(=O)c1ccc(S(=O)(=O)N(C)c2ccccc2)cc1. The molecule has 0 spiro atoms. The van der Waals surface area contributed by atoms with Gasteiger partial charge in [-0.3, -0.25) is 9.10 Å². The molecule has 3 aromatic carbocycles. The van der Waals surface area contributed by atoms with Gasteiger partial charge in [0, 0.05) is 13.1 Å². The van der Waals surface area contributed by atoms with Crippen molar-refractivity contribution >= 4 is 27.6 Å². The van der Waals surface area contributed by atoms with Gasteiger partial charge in [0.25, 0.3) is 15.9 Å². The van der Waals surface area contributed by atoms with E-state index in [1.807, 2.05) is 37.3 Å². The molecule has 1 N–H and O–H groups in total. The number of carbonyl (C=O) groups excluding carboxylic acids is 2. The number of nitrogens with one attached hydrogen (secondary N) is 1. The molecule has 0 saturated carbocycles. The van der Waals surface area contributed by atoms with E-state index < -0.39 is 28.5 Å². The van der Waals surface area contributed by atoms with Crippen LogP contribution < -0.4 is 9.62 Å². The lowest BCUT2D eigenvalue weighted by atomic mass is 10.1. The molecule has 3 rings (SSSR count). The van der Waals surface area contributed by atoms with E-state index in [4.69, 9.17) is 4.74 Å². The summed E-state index contributed by atoms with van der Waals surface area (Å²) in [7, 11) is -2.32. The fourth-order valence-corrected chi connectivity index (χ4v) is 4.52. The second kappa shape index (κ2) is 11.5. The van der Waals surface area contributed by atoms with Gasteiger partial charge in [0.2, 0.25) is 0 Å².